The normalized spacial score (nSPS) is 16.7. The Bertz CT molecular complexity index is 3740. The third-order valence-electron chi connectivity index (χ3n) is 16.9. The third-order valence-corrected chi connectivity index (χ3v) is 21.2. The molecule has 0 saturated heterocycles. The Kier molecular flexibility index (Phi) is 51.2. The molecule has 45 heteroatoms. The molecule has 6 aliphatic rings. The molecule has 8 N–H and O–H groups in total. The molecule has 0 spiro atoms. The van der Waals surface area contributed by atoms with Crippen molar-refractivity contribution in [3.63, 3.8) is 0 Å². The SMILES string of the molecule is C.CC(C)(C)[S+](N)[O-].CC(C)(C)[S+]([O-])N[C@@H](c1ccc(C(F)(F)F)nc1)C1CC1.CC(C)(C)[S+]([O-])N[C@H](c1ccc(C(F)(F)F)nc1)C1CC1.CON(C)C(=O)c1ccc(C(F)(F)F)nc1.Cl.Cl.N[C@@H](c1ccc(C(F)(F)F)nc1)C1CC1.N[C@H](c1ccc(C(F)(F)F)nc1)C1CC1.O=C(c1ccc(C(F)(F)F)nc1)C1CC1.S.S.[Br-].[CH-]1CC1.[Mg+2]. The van der Waals surface area contributed by atoms with Crippen LogP contribution in [0.25, 0.3) is 0 Å². The number of nitrogens with two attached hydrogens (primary N) is 3. The van der Waals surface area contributed by atoms with Gasteiger partial charge in [-0.15, -0.1) is 34.3 Å². The van der Waals surface area contributed by atoms with Crippen molar-refractivity contribution in [2.45, 2.75) is 222 Å². The van der Waals surface area contributed by atoms with E-state index in [1.165, 1.54) is 82.1 Å². The number of aromatic nitrogens is 6. The van der Waals surface area contributed by atoms with E-state index in [-0.39, 0.29) is 151 Å². The van der Waals surface area contributed by atoms with E-state index in [1.807, 2.05) is 62.3 Å². The Morgan fingerprint density at radius 1 is 0.442 bits per heavy atom. The van der Waals surface area contributed by atoms with Crippen LogP contribution < -0.4 is 43.0 Å². The summed E-state index contributed by atoms with van der Waals surface area (Å²) in [5.74, 6) is 0.806. The number of rotatable bonds is 16. The van der Waals surface area contributed by atoms with E-state index in [2.05, 4.69) is 50.6 Å². The van der Waals surface area contributed by atoms with Gasteiger partial charge in [-0.05, 0) is 221 Å². The number of nitrogens with one attached hydrogen (secondary N) is 2. The van der Waals surface area contributed by atoms with Crippen molar-refractivity contribution in [1.82, 2.24) is 44.4 Å². The van der Waals surface area contributed by atoms with Crippen molar-refractivity contribution in [3.05, 3.63) is 184 Å². The smallest absolute Gasteiger partial charge is 1.00 e. The number of amides is 1. The summed E-state index contributed by atoms with van der Waals surface area (Å²) >= 11 is -3.72. The van der Waals surface area contributed by atoms with Crippen LogP contribution in [-0.2, 0) is 76.0 Å². The van der Waals surface area contributed by atoms with Crippen LogP contribution in [0, 0.1) is 36.0 Å². The van der Waals surface area contributed by atoms with E-state index < -0.39 is 121 Å². The fourth-order valence-electron chi connectivity index (χ4n) is 9.07. The van der Waals surface area contributed by atoms with Crippen LogP contribution in [0.15, 0.2) is 110 Å². The van der Waals surface area contributed by atoms with Crippen LogP contribution in [0.1, 0.15) is 248 Å². The molecule has 1 amide bonds. The predicted octanol–water partition coefficient (Wildman–Crippen LogP) is 16.4. The molecule has 120 heavy (non-hydrogen) atoms. The number of hydrogen-bond donors (Lipinski definition) is 5. The van der Waals surface area contributed by atoms with Gasteiger partial charge in [-0.25, -0.2) is 17.9 Å². The minimum Gasteiger partial charge on any atom is -1.00 e. The standard InChI is InChI=1S/2C14H19F3N2OS.2C10H11F3N2.C10H8F3NO.C9H9F3N2O2.C4H11NOS.C3H5.CH4.BrH.2ClH.Mg.2H2S/c2*1-13(2,3)21(20)19-12(9-4-5-9)10-6-7-11(18-8-10)14(15,16)17;2*11-10(12,13)8-4-3-7(5-15-8)9(14)6-1-2-6;11-10(12,13)8-4-3-7(5-14-8)9(15)6-1-2-6;1-14(16-2)8(15)6-3-4-7(13-5-6)9(10,11)12;1-4(2,3)7(5)6;1-2-3-1;;;;;;;/h2*6-9,12,19H,4-5H2,1-3H3;2*3-6,9H,1-2,14H2;3-6H,1-2H2;3-5H,1-2H3;5H2,1-3H3;1H,2-3H2;1H4;3*1H;;2*1H2/q;;;;;;;-1;;;;;+2;;/p-1/t2*12-,21?;2*9-;;;;;;;;;;;/m1010.........../s1. The Balaban J connectivity index is -0.00000133. The predicted molar refractivity (Wildman–Crippen MR) is 437 cm³/mol. The first-order valence-corrected chi connectivity index (χ1v) is 38.8. The Labute approximate surface area is 750 Å². The van der Waals surface area contributed by atoms with Gasteiger partial charge < -0.3 is 48.5 Å². The second-order valence-electron chi connectivity index (χ2n) is 30.0. The van der Waals surface area contributed by atoms with Crippen molar-refractivity contribution >= 4 is 121 Å². The van der Waals surface area contributed by atoms with E-state index in [0.29, 0.717) is 45.9 Å². The zero-order chi connectivity index (χ0) is 85.4. The van der Waals surface area contributed by atoms with Crippen LogP contribution in [0.4, 0.5) is 79.0 Å². The minimum absolute atomic E-state index is 0. The molecule has 18 nitrogen and oxygen atoms in total. The molecule has 3 unspecified atom stereocenters. The average Bonchev–Trinajstić information content (AvgIpc) is 1.67. The summed E-state index contributed by atoms with van der Waals surface area (Å²) in [7, 11) is 2.62. The van der Waals surface area contributed by atoms with Gasteiger partial charge in [-0.1, -0.05) is 31.7 Å². The maximum absolute atomic E-state index is 12.5. The van der Waals surface area contributed by atoms with Crippen molar-refractivity contribution in [2.24, 2.45) is 46.2 Å². The fourth-order valence-corrected chi connectivity index (χ4v) is 10.9. The van der Waals surface area contributed by atoms with E-state index in [0.717, 1.165) is 124 Å². The van der Waals surface area contributed by atoms with Crippen LogP contribution in [0.3, 0.4) is 0 Å². The number of carbonyl (C=O) groups is 2. The van der Waals surface area contributed by atoms with Crippen LogP contribution in [-0.4, -0.2) is 112 Å². The van der Waals surface area contributed by atoms with Crippen molar-refractivity contribution in [1.29, 1.82) is 0 Å². The molecule has 6 heterocycles. The molecule has 7 atom stereocenters. The monoisotopic (exact) mass is 1940 g/mol. The molecule has 12 rings (SSSR count). The number of nitrogens with zero attached hydrogens (tertiary/aromatic N) is 7. The summed E-state index contributed by atoms with van der Waals surface area (Å²) in [4.78, 5) is 47.6. The molecule has 6 fully saturated rings. The summed E-state index contributed by atoms with van der Waals surface area (Å²) in [6, 6.07) is 12.7. The van der Waals surface area contributed by atoms with Gasteiger partial charge in [-0.2, -0.15) is 111 Å². The first-order chi connectivity index (χ1) is 51.9. The van der Waals surface area contributed by atoms with Crippen LogP contribution >= 0.6 is 51.8 Å². The second-order valence-corrected chi connectivity index (χ2v) is 35.8. The molecule has 678 valence electrons. The third kappa shape index (κ3) is 43.0. The first-order valence-electron chi connectivity index (χ1n) is 35.3. The molecular weight excluding hydrogens is 1840 g/mol. The molecule has 0 aliphatic heterocycles. The number of pyridine rings is 6. The van der Waals surface area contributed by atoms with Crippen LogP contribution in [0.5, 0.6) is 0 Å². The van der Waals surface area contributed by atoms with Crippen molar-refractivity contribution < 1.29 is 124 Å². The topological polar surface area (TPSA) is 295 Å². The van der Waals surface area contributed by atoms with Crippen molar-refractivity contribution in [3.8, 4) is 0 Å². The number of Topliss-reactive ketones (excluding diaryl/α,β-unsaturated/α-hetero) is 1. The molecule has 6 saturated carbocycles. The molecule has 0 bridgehead atoms. The van der Waals surface area contributed by atoms with Gasteiger partial charge in [-0.3, -0.25) is 44.3 Å². The number of carbonyl (C=O) groups excluding carboxylic acids is 2. The quantitative estimate of drug-likeness (QED) is 0.0150. The van der Waals surface area contributed by atoms with Gasteiger partial charge in [0.2, 0.25) is 0 Å². The van der Waals surface area contributed by atoms with Crippen LogP contribution in [0.2, 0.25) is 0 Å². The van der Waals surface area contributed by atoms with Gasteiger partial charge in [0, 0.05) is 102 Å². The van der Waals surface area contributed by atoms with Gasteiger partial charge >= 0.3 is 60.1 Å². The molecule has 0 aromatic carbocycles. The summed E-state index contributed by atoms with van der Waals surface area (Å²) in [5.41, 5.74) is 9.11. The number of alkyl halides is 18. The zero-order valence-electron chi connectivity index (χ0n) is 66.4. The summed E-state index contributed by atoms with van der Waals surface area (Å²) in [5, 5.41) is 5.93. The Morgan fingerprint density at radius 2 is 0.675 bits per heavy atom. The molecule has 6 aromatic heterocycles. The Hall–Kier alpha value is -4.00. The van der Waals surface area contributed by atoms with Crippen molar-refractivity contribution in [2.75, 3.05) is 14.2 Å². The van der Waals surface area contributed by atoms with Gasteiger partial charge in [0.05, 0.1) is 24.8 Å². The largest absolute Gasteiger partial charge is 2.00 e. The summed E-state index contributed by atoms with van der Waals surface area (Å²) in [6.45, 7) is 16.6. The summed E-state index contributed by atoms with van der Waals surface area (Å²) < 4.78 is 261. The zero-order valence-corrected chi connectivity index (χ0v) is 75.5. The number of hydrogen-bond acceptors (Lipinski definition) is 17. The maximum atomic E-state index is 12.5. The van der Waals surface area contributed by atoms with Gasteiger partial charge in [0.1, 0.15) is 48.4 Å². The van der Waals surface area contributed by atoms with E-state index in [4.69, 9.17) is 16.6 Å². The fraction of sp³-hybridized carbons (Fsp3) is 0.560. The summed E-state index contributed by atoms with van der Waals surface area (Å²) in [6.07, 6.45) is -4.93. The van der Waals surface area contributed by atoms with Gasteiger partial charge in [0.15, 0.2) is 5.78 Å². The number of halogens is 21. The number of hydroxylamine groups is 2. The second kappa shape index (κ2) is 51.1. The molecular formula is C75H103BrCl2F18MgN12O6S5. The van der Waals surface area contributed by atoms with E-state index in [9.17, 15) is 102 Å². The maximum Gasteiger partial charge on any atom is 2.00 e. The minimum atomic E-state index is -4.51. The molecule has 0 radical (unpaired) electrons. The Morgan fingerprint density at radius 3 is 0.850 bits per heavy atom. The van der Waals surface area contributed by atoms with Gasteiger partial charge in [0.25, 0.3) is 5.91 Å². The average molecular weight is 1950 g/mol. The van der Waals surface area contributed by atoms with E-state index >= 15 is 0 Å². The number of ketones is 1. The molecule has 6 aliphatic carbocycles. The first kappa shape index (κ1) is 120. The van der Waals surface area contributed by atoms with E-state index in [1.54, 1.807) is 0 Å². The molecule has 6 aromatic rings.